The number of methoxy groups -OCH3 is 2. The summed E-state index contributed by atoms with van der Waals surface area (Å²) in [6.07, 6.45) is 0.963. The maximum atomic E-state index is 5.46. The molecule has 2 rings (SSSR count). The molecule has 0 aliphatic rings. The number of hydrogen-bond donors (Lipinski definition) is 2. The third kappa shape index (κ3) is 5.36. The minimum absolute atomic E-state index is 0.0621. The molecule has 0 spiro atoms. The Bertz CT molecular complexity index is 732. The lowest BCUT2D eigenvalue weighted by molar-refractivity contribution is 0.355. The normalized spacial score (nSPS) is 12.2. The zero-order chi connectivity index (χ0) is 19.2. The quantitative estimate of drug-likeness (QED) is 0.687. The molecule has 0 saturated carbocycles. The van der Waals surface area contributed by atoms with Crippen LogP contribution in [-0.4, -0.2) is 25.4 Å². The van der Waals surface area contributed by atoms with Crippen molar-refractivity contribution in [3.05, 3.63) is 54.1 Å². The Morgan fingerprint density at radius 2 is 1.69 bits per heavy atom. The van der Waals surface area contributed by atoms with Gasteiger partial charge in [-0.1, -0.05) is 44.2 Å². The van der Waals surface area contributed by atoms with Crippen LogP contribution in [0.25, 0.3) is 0 Å². The molecule has 0 aromatic heterocycles. The molecule has 0 heterocycles. The summed E-state index contributed by atoms with van der Waals surface area (Å²) in [6.45, 7) is 6.66. The number of rotatable bonds is 7. The van der Waals surface area contributed by atoms with Gasteiger partial charge in [-0.2, -0.15) is 0 Å². The first-order valence-electron chi connectivity index (χ1n) is 8.71. The summed E-state index contributed by atoms with van der Waals surface area (Å²) < 4.78 is 10.6. The van der Waals surface area contributed by atoms with Gasteiger partial charge in [-0.05, 0) is 48.7 Å². The second-order valence-electron chi connectivity index (χ2n) is 7.02. The van der Waals surface area contributed by atoms with E-state index in [1.807, 2.05) is 24.3 Å². The highest BCUT2D eigenvalue weighted by atomic mass is 32.1. The monoisotopic (exact) mass is 372 g/mol. The fourth-order valence-corrected chi connectivity index (χ4v) is 3.45. The molecule has 26 heavy (non-hydrogen) atoms. The number of nitrogens with one attached hydrogen (secondary N) is 2. The molecule has 0 aliphatic heterocycles. The van der Waals surface area contributed by atoms with Gasteiger partial charge in [-0.25, -0.2) is 0 Å². The molecular formula is C21H28N2O2S. The fourth-order valence-electron chi connectivity index (χ4n) is 3.13. The Morgan fingerprint density at radius 3 is 2.31 bits per heavy atom. The van der Waals surface area contributed by atoms with Gasteiger partial charge in [-0.3, -0.25) is 0 Å². The first kappa shape index (κ1) is 20.0. The minimum Gasteiger partial charge on any atom is -0.493 e. The maximum absolute atomic E-state index is 5.46. The van der Waals surface area contributed by atoms with Crippen molar-refractivity contribution in [2.24, 2.45) is 0 Å². The van der Waals surface area contributed by atoms with E-state index in [1.165, 1.54) is 5.56 Å². The number of anilines is 1. The van der Waals surface area contributed by atoms with Crippen LogP contribution in [0.15, 0.2) is 48.5 Å². The van der Waals surface area contributed by atoms with Crippen molar-refractivity contribution in [1.82, 2.24) is 5.32 Å². The summed E-state index contributed by atoms with van der Waals surface area (Å²) in [5, 5.41) is 7.17. The van der Waals surface area contributed by atoms with Crippen molar-refractivity contribution in [3.8, 4) is 11.5 Å². The van der Waals surface area contributed by atoms with E-state index in [2.05, 4.69) is 55.7 Å². The molecule has 5 heteroatoms. The summed E-state index contributed by atoms with van der Waals surface area (Å²) in [5.41, 5.74) is 2.24. The van der Waals surface area contributed by atoms with Crippen LogP contribution in [0.1, 0.15) is 32.8 Å². The van der Waals surface area contributed by atoms with Gasteiger partial charge in [0.1, 0.15) is 0 Å². The largest absolute Gasteiger partial charge is 0.493 e. The molecule has 140 valence electrons. The lowest BCUT2D eigenvalue weighted by atomic mass is 9.79. The van der Waals surface area contributed by atoms with Gasteiger partial charge >= 0.3 is 0 Å². The highest BCUT2D eigenvalue weighted by molar-refractivity contribution is 7.80. The predicted octanol–water partition coefficient (Wildman–Crippen LogP) is 4.75. The standard InChI is InChI=1S/C21H28N2O2S/c1-15(14-21(2,3)16-9-7-6-8-10-16)22-20(26)23-17-11-12-18(24-4)19(13-17)25-5/h6-13,15H,14H2,1-5H3,(H2,22,23,26)/t15-/m1/s1. The Balaban J connectivity index is 1.95. The summed E-state index contributed by atoms with van der Waals surface area (Å²) >= 11 is 5.46. The van der Waals surface area contributed by atoms with Crippen LogP contribution >= 0.6 is 12.2 Å². The number of ether oxygens (including phenoxy) is 2. The van der Waals surface area contributed by atoms with Crippen molar-refractivity contribution in [2.45, 2.75) is 38.6 Å². The number of thiocarbonyl (C=S) groups is 1. The van der Waals surface area contributed by atoms with Crippen LogP contribution in [0.3, 0.4) is 0 Å². The van der Waals surface area contributed by atoms with Crippen LogP contribution in [-0.2, 0) is 5.41 Å². The molecule has 1 atom stereocenters. The third-order valence-electron chi connectivity index (χ3n) is 4.39. The average molecular weight is 373 g/mol. The molecule has 0 radical (unpaired) electrons. The third-order valence-corrected chi connectivity index (χ3v) is 4.61. The number of benzene rings is 2. The Labute approximate surface area is 161 Å². The summed E-state index contributed by atoms with van der Waals surface area (Å²) in [6, 6.07) is 16.4. The van der Waals surface area contributed by atoms with Gasteiger partial charge < -0.3 is 20.1 Å². The molecular weight excluding hydrogens is 344 g/mol. The van der Waals surface area contributed by atoms with Gasteiger partial charge in [0.2, 0.25) is 0 Å². The first-order chi connectivity index (χ1) is 12.4. The Kier molecular flexibility index (Phi) is 6.86. The molecule has 0 fully saturated rings. The topological polar surface area (TPSA) is 42.5 Å². The average Bonchev–Trinajstić information content (AvgIpc) is 2.61. The van der Waals surface area contributed by atoms with Gasteiger partial charge in [0.25, 0.3) is 0 Å². The first-order valence-corrected chi connectivity index (χ1v) is 9.11. The lowest BCUT2D eigenvalue weighted by Crippen LogP contribution is -2.39. The summed E-state index contributed by atoms with van der Waals surface area (Å²) in [4.78, 5) is 0. The van der Waals surface area contributed by atoms with E-state index >= 15 is 0 Å². The molecule has 2 aromatic carbocycles. The molecule has 0 amide bonds. The van der Waals surface area contributed by atoms with Crippen LogP contribution in [0, 0.1) is 0 Å². The van der Waals surface area contributed by atoms with E-state index in [0.717, 1.165) is 12.1 Å². The van der Waals surface area contributed by atoms with Gasteiger partial charge in [-0.15, -0.1) is 0 Å². The summed E-state index contributed by atoms with van der Waals surface area (Å²) in [5.74, 6) is 1.36. The van der Waals surface area contributed by atoms with E-state index in [1.54, 1.807) is 14.2 Å². The van der Waals surface area contributed by atoms with Crippen molar-refractivity contribution >= 4 is 23.0 Å². The summed E-state index contributed by atoms with van der Waals surface area (Å²) in [7, 11) is 3.24. The van der Waals surface area contributed by atoms with Crippen LogP contribution in [0.2, 0.25) is 0 Å². The van der Waals surface area contributed by atoms with E-state index in [9.17, 15) is 0 Å². The zero-order valence-corrected chi connectivity index (χ0v) is 16.9. The molecule has 2 aromatic rings. The number of hydrogen-bond acceptors (Lipinski definition) is 3. The van der Waals surface area contributed by atoms with E-state index in [-0.39, 0.29) is 11.5 Å². The Hall–Kier alpha value is -2.27. The maximum Gasteiger partial charge on any atom is 0.170 e. The molecule has 4 nitrogen and oxygen atoms in total. The van der Waals surface area contributed by atoms with Crippen LogP contribution < -0.4 is 20.1 Å². The van der Waals surface area contributed by atoms with Crippen LogP contribution in [0.4, 0.5) is 5.69 Å². The highest BCUT2D eigenvalue weighted by Gasteiger charge is 2.23. The smallest absolute Gasteiger partial charge is 0.170 e. The second kappa shape index (κ2) is 8.90. The second-order valence-corrected chi connectivity index (χ2v) is 7.43. The van der Waals surface area contributed by atoms with Gasteiger partial charge in [0, 0.05) is 17.8 Å². The minimum atomic E-state index is 0.0621. The Morgan fingerprint density at radius 1 is 1.04 bits per heavy atom. The van der Waals surface area contributed by atoms with Crippen molar-refractivity contribution in [3.63, 3.8) is 0 Å². The molecule has 0 bridgehead atoms. The van der Waals surface area contributed by atoms with Crippen molar-refractivity contribution < 1.29 is 9.47 Å². The van der Waals surface area contributed by atoms with E-state index in [4.69, 9.17) is 21.7 Å². The zero-order valence-electron chi connectivity index (χ0n) is 16.1. The van der Waals surface area contributed by atoms with Gasteiger partial charge in [0.15, 0.2) is 16.6 Å². The fraction of sp³-hybridized carbons (Fsp3) is 0.381. The molecule has 2 N–H and O–H groups in total. The van der Waals surface area contributed by atoms with E-state index < -0.39 is 0 Å². The van der Waals surface area contributed by atoms with Crippen molar-refractivity contribution in [2.75, 3.05) is 19.5 Å². The van der Waals surface area contributed by atoms with E-state index in [0.29, 0.717) is 16.6 Å². The highest BCUT2D eigenvalue weighted by Crippen LogP contribution is 2.30. The van der Waals surface area contributed by atoms with Crippen molar-refractivity contribution in [1.29, 1.82) is 0 Å². The molecule has 0 unspecified atom stereocenters. The predicted molar refractivity (Wildman–Crippen MR) is 112 cm³/mol. The van der Waals surface area contributed by atoms with Crippen LogP contribution in [0.5, 0.6) is 11.5 Å². The van der Waals surface area contributed by atoms with Gasteiger partial charge in [0.05, 0.1) is 14.2 Å². The lowest BCUT2D eigenvalue weighted by Gasteiger charge is -2.29. The SMILES string of the molecule is COc1ccc(NC(=S)N[C@H](C)CC(C)(C)c2ccccc2)cc1OC. The molecule has 0 aliphatic carbocycles. The molecule has 0 saturated heterocycles.